The number of carbonyl (C=O) groups excluding carboxylic acids is 1. The predicted molar refractivity (Wildman–Crippen MR) is 142 cm³/mol. The fraction of sp³-hybridized carbons (Fsp3) is 0.0909. The van der Waals surface area contributed by atoms with Crippen LogP contribution in [0.1, 0.15) is 27.0 Å². The average Bonchev–Trinajstić information content (AvgIpc) is 2.67. The number of nitrogens with one attached hydrogen (secondary N) is 1. The molecule has 0 saturated carbocycles. The number of hydrogen-bond donors (Lipinski definition) is 1. The summed E-state index contributed by atoms with van der Waals surface area (Å²) in [6.45, 7) is 2.59. The molecular weight excluding hydrogens is 705 g/mol. The number of halogens is 3. The van der Waals surface area contributed by atoms with Crippen molar-refractivity contribution in [2.75, 3.05) is 0 Å². The number of rotatable bonds is 6. The summed E-state index contributed by atoms with van der Waals surface area (Å²) in [6, 6.07) is 19.6. The zero-order valence-electron chi connectivity index (χ0n) is 15.5. The molecule has 0 aromatic heterocycles. The highest BCUT2D eigenvalue weighted by molar-refractivity contribution is 14.1. The summed E-state index contributed by atoms with van der Waals surface area (Å²) < 4.78 is 9.04. The third-order valence-electron chi connectivity index (χ3n) is 3.95. The van der Waals surface area contributed by atoms with Gasteiger partial charge in [-0.25, -0.2) is 5.43 Å². The van der Waals surface area contributed by atoms with E-state index in [-0.39, 0.29) is 5.91 Å². The molecule has 0 bridgehead atoms. The number of benzene rings is 3. The van der Waals surface area contributed by atoms with Gasteiger partial charge in [-0.1, -0.05) is 35.9 Å². The van der Waals surface area contributed by atoms with Crippen molar-refractivity contribution >= 4 is 79.9 Å². The lowest BCUT2D eigenvalue weighted by atomic mass is 10.1. The third kappa shape index (κ3) is 6.64. The predicted octanol–water partition coefficient (Wildman–Crippen LogP) is 6.15. The van der Waals surface area contributed by atoms with E-state index < -0.39 is 0 Å². The SMILES string of the molecule is Cc1cccc(COc2c(I)cc(/C=N\NC(=O)c3cccc(I)c3)cc2I)c1. The van der Waals surface area contributed by atoms with E-state index in [2.05, 4.69) is 103 Å². The number of aryl methyl sites for hydroxylation is 1. The first-order chi connectivity index (χ1) is 13.9. The fourth-order valence-electron chi connectivity index (χ4n) is 2.61. The van der Waals surface area contributed by atoms with E-state index in [1.54, 1.807) is 12.3 Å². The Morgan fingerprint density at radius 1 is 1.03 bits per heavy atom. The highest BCUT2D eigenvalue weighted by atomic mass is 127. The maximum Gasteiger partial charge on any atom is 0.271 e. The first-order valence-electron chi connectivity index (χ1n) is 8.69. The van der Waals surface area contributed by atoms with Crippen molar-refractivity contribution in [1.29, 1.82) is 0 Å². The molecule has 0 aliphatic heterocycles. The molecule has 148 valence electrons. The van der Waals surface area contributed by atoms with Gasteiger partial charge in [-0.3, -0.25) is 4.79 Å². The number of amides is 1. The topological polar surface area (TPSA) is 50.7 Å². The van der Waals surface area contributed by atoms with Crippen LogP contribution in [0.25, 0.3) is 0 Å². The third-order valence-corrected chi connectivity index (χ3v) is 6.23. The highest BCUT2D eigenvalue weighted by Gasteiger charge is 2.09. The van der Waals surface area contributed by atoms with Crippen LogP contribution in [0.2, 0.25) is 0 Å². The lowest BCUT2D eigenvalue weighted by molar-refractivity contribution is 0.0955. The van der Waals surface area contributed by atoms with E-state index in [9.17, 15) is 4.79 Å². The Kier molecular flexibility index (Phi) is 8.30. The van der Waals surface area contributed by atoms with E-state index in [0.717, 1.165) is 27.6 Å². The highest BCUT2D eigenvalue weighted by Crippen LogP contribution is 2.29. The summed E-state index contributed by atoms with van der Waals surface area (Å²) in [7, 11) is 0. The van der Waals surface area contributed by atoms with Gasteiger partial charge in [0.15, 0.2) is 0 Å². The van der Waals surface area contributed by atoms with E-state index >= 15 is 0 Å². The maximum atomic E-state index is 12.2. The quantitative estimate of drug-likeness (QED) is 0.189. The van der Waals surface area contributed by atoms with Gasteiger partial charge in [-0.05, 0) is 116 Å². The molecule has 0 fully saturated rings. The molecule has 29 heavy (non-hydrogen) atoms. The molecule has 0 atom stereocenters. The molecule has 3 rings (SSSR count). The van der Waals surface area contributed by atoms with Crippen LogP contribution in [0.4, 0.5) is 0 Å². The molecule has 1 amide bonds. The standard InChI is InChI=1S/C22H17I3N2O2/c1-14-4-2-5-15(8-14)13-29-21-19(24)9-16(10-20(21)25)12-26-27-22(28)17-6-3-7-18(23)11-17/h2-12H,13H2,1H3,(H,27,28)/b26-12-. The van der Waals surface area contributed by atoms with Crippen LogP contribution >= 0.6 is 67.8 Å². The van der Waals surface area contributed by atoms with Gasteiger partial charge >= 0.3 is 0 Å². The van der Waals surface area contributed by atoms with E-state index in [1.807, 2.05) is 36.4 Å². The van der Waals surface area contributed by atoms with Gasteiger partial charge in [0.2, 0.25) is 0 Å². The summed E-state index contributed by atoms with van der Waals surface area (Å²) in [6.07, 6.45) is 1.64. The fourth-order valence-corrected chi connectivity index (χ4v) is 5.28. The van der Waals surface area contributed by atoms with Crippen LogP contribution in [0, 0.1) is 17.6 Å². The Bertz CT molecular complexity index is 1040. The molecule has 0 aliphatic rings. The number of carbonyl (C=O) groups is 1. The summed E-state index contributed by atoms with van der Waals surface area (Å²) in [4.78, 5) is 12.2. The second-order valence-electron chi connectivity index (χ2n) is 6.30. The molecule has 0 unspecified atom stereocenters. The minimum Gasteiger partial charge on any atom is -0.487 e. The summed E-state index contributed by atoms with van der Waals surface area (Å²) in [5.41, 5.74) is 6.40. The first kappa shape index (κ1) is 22.5. The lowest BCUT2D eigenvalue weighted by Crippen LogP contribution is -2.17. The molecule has 0 saturated heterocycles. The van der Waals surface area contributed by atoms with E-state index in [4.69, 9.17) is 4.74 Å². The van der Waals surface area contributed by atoms with Crippen molar-refractivity contribution in [2.24, 2.45) is 5.10 Å². The van der Waals surface area contributed by atoms with Crippen molar-refractivity contribution < 1.29 is 9.53 Å². The van der Waals surface area contributed by atoms with Crippen molar-refractivity contribution in [3.8, 4) is 5.75 Å². The minimum atomic E-state index is -0.234. The maximum absolute atomic E-state index is 12.2. The van der Waals surface area contributed by atoms with Gasteiger partial charge in [0, 0.05) is 9.13 Å². The number of hydrazone groups is 1. The Balaban J connectivity index is 1.65. The molecule has 0 radical (unpaired) electrons. The monoisotopic (exact) mass is 722 g/mol. The lowest BCUT2D eigenvalue weighted by Gasteiger charge is -2.12. The Hall–Kier alpha value is -1.21. The van der Waals surface area contributed by atoms with Crippen LogP contribution < -0.4 is 10.2 Å². The number of nitrogens with zero attached hydrogens (tertiary/aromatic N) is 1. The molecular formula is C22H17I3N2O2. The molecule has 7 heteroatoms. The van der Waals surface area contributed by atoms with E-state index in [1.165, 1.54) is 5.56 Å². The van der Waals surface area contributed by atoms with Gasteiger partial charge < -0.3 is 4.74 Å². The average molecular weight is 722 g/mol. The van der Waals surface area contributed by atoms with Gasteiger partial charge in [0.1, 0.15) is 12.4 Å². The van der Waals surface area contributed by atoms with Gasteiger partial charge in [-0.15, -0.1) is 0 Å². The smallest absolute Gasteiger partial charge is 0.271 e. The molecule has 0 heterocycles. The molecule has 0 spiro atoms. The number of ether oxygens (including phenoxy) is 1. The first-order valence-corrected chi connectivity index (χ1v) is 11.9. The molecule has 4 nitrogen and oxygen atoms in total. The van der Waals surface area contributed by atoms with Gasteiger partial charge in [0.05, 0.1) is 13.4 Å². The minimum absolute atomic E-state index is 0.234. The van der Waals surface area contributed by atoms with Crippen LogP contribution in [0.3, 0.4) is 0 Å². The summed E-state index contributed by atoms with van der Waals surface area (Å²) in [5.74, 6) is 0.620. The van der Waals surface area contributed by atoms with Crippen molar-refractivity contribution in [3.05, 3.63) is 93.6 Å². The second kappa shape index (κ2) is 10.7. The summed E-state index contributed by atoms with van der Waals surface area (Å²) in [5, 5.41) is 4.09. The summed E-state index contributed by atoms with van der Waals surface area (Å²) >= 11 is 6.69. The molecule has 1 N–H and O–H groups in total. The largest absolute Gasteiger partial charge is 0.487 e. The zero-order chi connectivity index (χ0) is 20.8. The Morgan fingerprint density at radius 2 is 1.76 bits per heavy atom. The molecule has 3 aromatic rings. The van der Waals surface area contributed by atoms with Gasteiger partial charge in [-0.2, -0.15) is 5.10 Å². The van der Waals surface area contributed by atoms with Crippen molar-refractivity contribution in [2.45, 2.75) is 13.5 Å². The van der Waals surface area contributed by atoms with Crippen molar-refractivity contribution in [3.63, 3.8) is 0 Å². The molecule has 0 aliphatic carbocycles. The van der Waals surface area contributed by atoms with E-state index in [0.29, 0.717) is 12.2 Å². The number of hydrogen-bond acceptors (Lipinski definition) is 3. The van der Waals surface area contributed by atoms with Crippen LogP contribution in [-0.2, 0) is 6.61 Å². The Morgan fingerprint density at radius 3 is 2.45 bits per heavy atom. The second-order valence-corrected chi connectivity index (χ2v) is 9.87. The van der Waals surface area contributed by atoms with Gasteiger partial charge in [0.25, 0.3) is 5.91 Å². The Labute approximate surface area is 210 Å². The molecule has 3 aromatic carbocycles. The van der Waals surface area contributed by atoms with Crippen molar-refractivity contribution in [1.82, 2.24) is 5.43 Å². The van der Waals surface area contributed by atoms with Crippen LogP contribution in [0.15, 0.2) is 65.8 Å². The zero-order valence-corrected chi connectivity index (χ0v) is 21.9. The van der Waals surface area contributed by atoms with Crippen LogP contribution in [0.5, 0.6) is 5.75 Å². The normalized spacial score (nSPS) is 10.9. The van der Waals surface area contributed by atoms with Crippen LogP contribution in [-0.4, -0.2) is 12.1 Å².